The molecule has 3 saturated heterocycles. The second kappa shape index (κ2) is 7.03. The molecule has 0 amide bonds. The molecule has 7 nitrogen and oxygen atoms in total. The number of carboxylic acid groups (broad SMARTS) is 2. The maximum Gasteiger partial charge on any atom is 0.414 e. The zero-order valence-corrected chi connectivity index (χ0v) is 10.6. The van der Waals surface area contributed by atoms with E-state index < -0.39 is 11.9 Å². The minimum atomic E-state index is -1.82. The normalized spacial score (nSPS) is 29.2. The number of nitrogens with zero attached hydrogens (tertiary/aromatic N) is 2. The summed E-state index contributed by atoms with van der Waals surface area (Å²) in [6.45, 7) is 3.08. The van der Waals surface area contributed by atoms with Crippen molar-refractivity contribution in [1.82, 2.24) is 4.90 Å². The van der Waals surface area contributed by atoms with E-state index >= 15 is 0 Å². The second-order valence-electron chi connectivity index (χ2n) is 4.45. The molecule has 3 heterocycles. The van der Waals surface area contributed by atoms with Gasteiger partial charge in [0.15, 0.2) is 0 Å². The lowest BCUT2D eigenvalue weighted by atomic mass is 9.79. The minimum absolute atomic E-state index is 0.0116. The number of aliphatic carboxylic acids is 2. The van der Waals surface area contributed by atoms with Crippen molar-refractivity contribution in [3.63, 3.8) is 0 Å². The SMILES string of the molecule is CON=C(F)C1CN2CCC1CC2.O=C(O)C(=O)O. The number of carbonyl (C=O) groups is 2. The van der Waals surface area contributed by atoms with Crippen LogP contribution in [0.3, 0.4) is 0 Å². The summed E-state index contributed by atoms with van der Waals surface area (Å²) < 4.78 is 13.3. The molecule has 0 radical (unpaired) electrons. The van der Waals surface area contributed by atoms with Gasteiger partial charge in [0, 0.05) is 12.5 Å². The maximum atomic E-state index is 13.3. The Balaban J connectivity index is 0.000000258. The van der Waals surface area contributed by atoms with Crippen LogP contribution in [0.25, 0.3) is 0 Å². The van der Waals surface area contributed by atoms with Crippen LogP contribution >= 0.6 is 0 Å². The van der Waals surface area contributed by atoms with Gasteiger partial charge in [0.1, 0.15) is 7.11 Å². The van der Waals surface area contributed by atoms with Crippen molar-refractivity contribution in [1.29, 1.82) is 0 Å². The molecular weight excluding hydrogens is 259 g/mol. The van der Waals surface area contributed by atoms with Crippen LogP contribution in [0, 0.1) is 11.8 Å². The van der Waals surface area contributed by atoms with Crippen molar-refractivity contribution in [3.05, 3.63) is 0 Å². The topological polar surface area (TPSA) is 99.4 Å². The Morgan fingerprint density at radius 2 is 1.79 bits per heavy atom. The second-order valence-corrected chi connectivity index (χ2v) is 4.45. The molecule has 0 spiro atoms. The summed E-state index contributed by atoms with van der Waals surface area (Å²) in [7, 11) is 1.39. The Bertz CT molecular complexity index is 354. The number of piperidine rings is 3. The first-order valence-corrected chi connectivity index (χ1v) is 5.90. The summed E-state index contributed by atoms with van der Waals surface area (Å²) >= 11 is 0. The van der Waals surface area contributed by atoms with Crippen molar-refractivity contribution in [2.45, 2.75) is 12.8 Å². The van der Waals surface area contributed by atoms with E-state index in [1.54, 1.807) is 0 Å². The molecular formula is C11H17FN2O5. The predicted molar refractivity (Wildman–Crippen MR) is 63.5 cm³/mol. The van der Waals surface area contributed by atoms with Crippen molar-refractivity contribution >= 4 is 17.9 Å². The van der Waals surface area contributed by atoms with Gasteiger partial charge >= 0.3 is 11.9 Å². The fourth-order valence-corrected chi connectivity index (χ4v) is 2.39. The average Bonchev–Trinajstić information content (AvgIpc) is 2.41. The van der Waals surface area contributed by atoms with E-state index in [1.807, 2.05) is 0 Å². The quantitative estimate of drug-likeness (QED) is 0.430. The summed E-state index contributed by atoms with van der Waals surface area (Å²) in [4.78, 5) is 25.0. The molecule has 1 unspecified atom stereocenters. The molecule has 0 aromatic carbocycles. The van der Waals surface area contributed by atoms with Crippen LogP contribution in [0.2, 0.25) is 0 Å². The highest BCUT2D eigenvalue weighted by Gasteiger charge is 2.37. The number of halogens is 1. The fourth-order valence-electron chi connectivity index (χ4n) is 2.39. The Labute approximate surface area is 109 Å². The highest BCUT2D eigenvalue weighted by atomic mass is 19.1. The van der Waals surface area contributed by atoms with Crippen LogP contribution in [0.15, 0.2) is 5.16 Å². The Hall–Kier alpha value is -1.70. The van der Waals surface area contributed by atoms with Gasteiger partial charge in [-0.2, -0.15) is 4.39 Å². The highest BCUT2D eigenvalue weighted by Crippen LogP contribution is 2.33. The van der Waals surface area contributed by atoms with Crippen molar-refractivity contribution in [3.8, 4) is 0 Å². The number of hydrogen-bond donors (Lipinski definition) is 2. The van der Waals surface area contributed by atoms with E-state index in [1.165, 1.54) is 7.11 Å². The first-order chi connectivity index (χ1) is 8.95. The van der Waals surface area contributed by atoms with Gasteiger partial charge < -0.3 is 20.0 Å². The molecule has 19 heavy (non-hydrogen) atoms. The van der Waals surface area contributed by atoms with Crippen LogP contribution in [0.5, 0.6) is 0 Å². The molecule has 3 rings (SSSR count). The van der Waals surface area contributed by atoms with Gasteiger partial charge in [-0.1, -0.05) is 5.16 Å². The number of fused-ring (bicyclic) bond motifs is 3. The van der Waals surface area contributed by atoms with Crippen LogP contribution in [0.4, 0.5) is 4.39 Å². The van der Waals surface area contributed by atoms with Crippen molar-refractivity contribution in [2.75, 3.05) is 26.7 Å². The van der Waals surface area contributed by atoms with E-state index in [2.05, 4.69) is 14.9 Å². The Kier molecular flexibility index (Phi) is 5.68. The number of hydrogen-bond acceptors (Lipinski definition) is 5. The Morgan fingerprint density at radius 1 is 1.26 bits per heavy atom. The third-order valence-electron chi connectivity index (χ3n) is 3.32. The first-order valence-electron chi connectivity index (χ1n) is 5.90. The summed E-state index contributed by atoms with van der Waals surface area (Å²) in [6.07, 6.45) is 2.22. The highest BCUT2D eigenvalue weighted by molar-refractivity contribution is 6.27. The molecule has 0 aromatic rings. The molecule has 8 heteroatoms. The summed E-state index contributed by atoms with van der Waals surface area (Å²) in [5.41, 5.74) is 0. The van der Waals surface area contributed by atoms with Gasteiger partial charge in [0.25, 0.3) is 0 Å². The molecule has 3 fully saturated rings. The summed E-state index contributed by atoms with van der Waals surface area (Å²) in [5.74, 6) is -3.49. The number of oxime groups is 1. The monoisotopic (exact) mass is 276 g/mol. The molecule has 3 aliphatic heterocycles. The van der Waals surface area contributed by atoms with E-state index in [9.17, 15) is 4.39 Å². The number of carboxylic acids is 2. The zero-order chi connectivity index (χ0) is 14.4. The average molecular weight is 276 g/mol. The van der Waals surface area contributed by atoms with Gasteiger partial charge in [0.2, 0.25) is 5.97 Å². The van der Waals surface area contributed by atoms with Crippen LogP contribution in [0.1, 0.15) is 12.8 Å². The molecule has 0 aromatic heterocycles. The van der Waals surface area contributed by atoms with Crippen LogP contribution in [-0.2, 0) is 14.4 Å². The van der Waals surface area contributed by atoms with Crippen molar-refractivity contribution in [2.24, 2.45) is 17.0 Å². The number of rotatable bonds is 2. The molecule has 108 valence electrons. The van der Waals surface area contributed by atoms with Crippen LogP contribution in [-0.4, -0.2) is 59.8 Å². The van der Waals surface area contributed by atoms with Gasteiger partial charge in [-0.25, -0.2) is 9.59 Å². The Morgan fingerprint density at radius 3 is 2.11 bits per heavy atom. The molecule has 3 aliphatic rings. The lowest BCUT2D eigenvalue weighted by molar-refractivity contribution is -0.159. The molecule has 2 N–H and O–H groups in total. The van der Waals surface area contributed by atoms with Gasteiger partial charge in [-0.05, 0) is 31.8 Å². The van der Waals surface area contributed by atoms with Crippen molar-refractivity contribution < 1.29 is 29.0 Å². The van der Waals surface area contributed by atoms with Gasteiger partial charge in [-0.3, -0.25) is 0 Å². The zero-order valence-electron chi connectivity index (χ0n) is 10.6. The standard InChI is InChI=1S/C9H15FN2O.C2H2O4/c1-13-11-9(10)8-6-12-4-2-7(8)3-5-12;3-1(4)2(5)6/h7-8H,2-6H2,1H3;(H,3,4)(H,5,6). The van der Waals surface area contributed by atoms with E-state index in [4.69, 9.17) is 19.8 Å². The van der Waals surface area contributed by atoms with E-state index in [0.717, 1.165) is 32.5 Å². The van der Waals surface area contributed by atoms with Gasteiger partial charge in [-0.15, -0.1) is 0 Å². The third-order valence-corrected chi connectivity index (χ3v) is 3.32. The maximum absolute atomic E-state index is 13.3. The molecule has 1 atom stereocenters. The smallest absolute Gasteiger partial charge is 0.414 e. The molecule has 2 bridgehead atoms. The predicted octanol–water partition coefficient (Wildman–Crippen LogP) is 0.413. The van der Waals surface area contributed by atoms with E-state index in [0.29, 0.717) is 5.92 Å². The molecule has 0 aliphatic carbocycles. The largest absolute Gasteiger partial charge is 0.473 e. The van der Waals surface area contributed by atoms with E-state index in [-0.39, 0.29) is 11.9 Å². The molecule has 0 saturated carbocycles. The van der Waals surface area contributed by atoms with Crippen LogP contribution < -0.4 is 0 Å². The third kappa shape index (κ3) is 4.47. The summed E-state index contributed by atoms with van der Waals surface area (Å²) in [6, 6.07) is 0. The lowest BCUT2D eigenvalue weighted by Crippen LogP contribution is -2.49. The lowest BCUT2D eigenvalue weighted by Gasteiger charge is -2.43. The first kappa shape index (κ1) is 15.4. The fraction of sp³-hybridized carbons (Fsp3) is 0.727. The minimum Gasteiger partial charge on any atom is -0.473 e. The summed E-state index contributed by atoms with van der Waals surface area (Å²) in [5, 5.41) is 18.2. The van der Waals surface area contributed by atoms with Gasteiger partial charge in [0.05, 0.1) is 0 Å².